The number of nitriles is 1. The van der Waals surface area contributed by atoms with Crippen molar-refractivity contribution in [3.8, 4) is 11.8 Å². The highest BCUT2D eigenvalue weighted by Gasteiger charge is 2.37. The maximum Gasteiger partial charge on any atom is 0.408 e. The van der Waals surface area contributed by atoms with Gasteiger partial charge < -0.3 is 25.4 Å². The molecule has 40 heavy (non-hydrogen) atoms. The van der Waals surface area contributed by atoms with Crippen LogP contribution in [0.15, 0.2) is 55.1 Å². The fraction of sp³-hybridized carbons (Fsp3) is 0.419. The first-order valence-corrected chi connectivity index (χ1v) is 13.4. The second-order valence-electron chi connectivity index (χ2n) is 10.7. The van der Waals surface area contributed by atoms with Crippen molar-refractivity contribution in [1.29, 1.82) is 5.26 Å². The molecular weight excluding hydrogens is 508 g/mol. The fourth-order valence-corrected chi connectivity index (χ4v) is 4.25. The van der Waals surface area contributed by atoms with Gasteiger partial charge in [-0.2, -0.15) is 5.26 Å². The van der Waals surface area contributed by atoms with E-state index in [1.807, 2.05) is 26.0 Å². The quantitative estimate of drug-likeness (QED) is 0.324. The Morgan fingerprint density at radius 1 is 1.15 bits per heavy atom. The molecule has 0 aromatic heterocycles. The van der Waals surface area contributed by atoms with Crippen molar-refractivity contribution in [2.24, 2.45) is 0 Å². The summed E-state index contributed by atoms with van der Waals surface area (Å²) in [6.07, 6.45) is 2.45. The molecule has 0 saturated heterocycles. The van der Waals surface area contributed by atoms with Gasteiger partial charge in [-0.05, 0) is 69.0 Å². The average Bonchev–Trinajstić information content (AvgIpc) is 2.88. The smallest absolute Gasteiger partial charge is 0.408 e. The Hall–Kier alpha value is -4.32. The first-order chi connectivity index (χ1) is 18.9. The molecule has 3 N–H and O–H groups in total. The summed E-state index contributed by atoms with van der Waals surface area (Å²) in [5, 5.41) is 25.0. The number of alkyl carbamates (subject to hydrolysis) is 1. The highest BCUT2D eigenvalue weighted by atomic mass is 16.6. The van der Waals surface area contributed by atoms with Crippen molar-refractivity contribution in [1.82, 2.24) is 15.5 Å². The lowest BCUT2D eigenvalue weighted by Crippen LogP contribution is -2.54. The molecule has 9 nitrogen and oxygen atoms in total. The molecule has 0 heterocycles. The van der Waals surface area contributed by atoms with Gasteiger partial charge in [0.2, 0.25) is 11.8 Å². The predicted octanol–water partition coefficient (Wildman–Crippen LogP) is 4.87. The van der Waals surface area contributed by atoms with Crippen LogP contribution in [0.3, 0.4) is 0 Å². The van der Waals surface area contributed by atoms with E-state index in [-0.39, 0.29) is 18.2 Å². The minimum Gasteiger partial charge on any atom is -0.508 e. The molecule has 2 rings (SSSR count). The van der Waals surface area contributed by atoms with Crippen LogP contribution in [-0.2, 0) is 20.7 Å². The number of hydrogen-bond acceptors (Lipinski definition) is 6. The van der Waals surface area contributed by atoms with Crippen LogP contribution < -0.4 is 10.6 Å². The molecule has 2 aromatic rings. The van der Waals surface area contributed by atoms with E-state index in [4.69, 9.17) is 4.74 Å². The van der Waals surface area contributed by atoms with Crippen LogP contribution in [0.1, 0.15) is 70.2 Å². The maximum atomic E-state index is 14.1. The van der Waals surface area contributed by atoms with Gasteiger partial charge in [-0.15, -0.1) is 0 Å². The Labute approximate surface area is 236 Å². The van der Waals surface area contributed by atoms with Crippen molar-refractivity contribution in [2.75, 3.05) is 6.54 Å². The zero-order valence-corrected chi connectivity index (χ0v) is 23.9. The molecule has 3 unspecified atom stereocenters. The molecular formula is C31H40N4O5. The Morgan fingerprint density at radius 3 is 2.40 bits per heavy atom. The van der Waals surface area contributed by atoms with Crippen LogP contribution in [0.4, 0.5) is 4.79 Å². The number of rotatable bonds is 12. The first kappa shape index (κ1) is 31.9. The Kier molecular flexibility index (Phi) is 11.7. The summed E-state index contributed by atoms with van der Waals surface area (Å²) >= 11 is 0. The molecule has 0 radical (unpaired) electrons. The van der Waals surface area contributed by atoms with E-state index in [0.717, 1.165) is 18.4 Å². The lowest BCUT2D eigenvalue weighted by molar-refractivity contribution is -0.142. The van der Waals surface area contributed by atoms with E-state index >= 15 is 0 Å². The topological polar surface area (TPSA) is 132 Å². The second kappa shape index (κ2) is 14.7. The fourth-order valence-electron chi connectivity index (χ4n) is 4.25. The number of amides is 3. The third-order valence-electron chi connectivity index (χ3n) is 6.02. The third kappa shape index (κ3) is 9.77. The van der Waals surface area contributed by atoms with Gasteiger partial charge in [-0.3, -0.25) is 9.59 Å². The summed E-state index contributed by atoms with van der Waals surface area (Å²) in [4.78, 5) is 41.8. The van der Waals surface area contributed by atoms with Crippen LogP contribution >= 0.6 is 0 Å². The zero-order valence-electron chi connectivity index (χ0n) is 23.9. The number of nitrogens with one attached hydrogen (secondary N) is 2. The Morgan fingerprint density at radius 2 is 1.82 bits per heavy atom. The van der Waals surface area contributed by atoms with Crippen molar-refractivity contribution in [3.63, 3.8) is 0 Å². The standard InChI is InChI=1S/C31H40N4O5/c1-7-10-21(3)33-28(37)27(24-12-9-11-22(8-2)19-24)35(18-17-32)29(38)26(34-30(39)40-31(4,5)6)20-23-13-15-25(36)16-14-23/h8-9,11-16,19,21,26-27,36H,2,7,10,18,20H2,1,3-6H3,(H,33,37)(H,34,39). The first-order valence-electron chi connectivity index (χ1n) is 13.4. The van der Waals surface area contributed by atoms with Gasteiger partial charge in [0.1, 0.15) is 30.0 Å². The number of ether oxygens (including phenoxy) is 1. The number of phenolic OH excluding ortho intramolecular Hbond substituents is 1. The molecule has 0 spiro atoms. The van der Waals surface area contributed by atoms with Gasteiger partial charge in [-0.25, -0.2) is 4.79 Å². The van der Waals surface area contributed by atoms with E-state index in [2.05, 4.69) is 17.2 Å². The van der Waals surface area contributed by atoms with Gasteiger partial charge in [0, 0.05) is 12.5 Å². The maximum absolute atomic E-state index is 14.1. The van der Waals surface area contributed by atoms with Crippen LogP contribution in [-0.4, -0.2) is 52.1 Å². The van der Waals surface area contributed by atoms with E-state index in [1.165, 1.54) is 17.0 Å². The second-order valence-corrected chi connectivity index (χ2v) is 10.7. The molecule has 9 heteroatoms. The lowest BCUT2D eigenvalue weighted by Gasteiger charge is -2.33. The predicted molar refractivity (Wildman–Crippen MR) is 154 cm³/mol. The van der Waals surface area contributed by atoms with Crippen molar-refractivity contribution in [2.45, 2.75) is 77.6 Å². The van der Waals surface area contributed by atoms with Crippen LogP contribution in [0.2, 0.25) is 0 Å². The summed E-state index contributed by atoms with van der Waals surface area (Å²) < 4.78 is 5.40. The molecule has 3 atom stereocenters. The number of benzene rings is 2. The molecule has 2 aromatic carbocycles. The van der Waals surface area contributed by atoms with Gasteiger partial charge in [0.25, 0.3) is 0 Å². The summed E-state index contributed by atoms with van der Waals surface area (Å²) in [5.74, 6) is -1.02. The van der Waals surface area contributed by atoms with E-state index in [9.17, 15) is 24.8 Å². The van der Waals surface area contributed by atoms with Gasteiger partial charge in [0.05, 0.1) is 6.07 Å². The largest absolute Gasteiger partial charge is 0.508 e. The normalized spacial score (nSPS) is 13.2. The summed E-state index contributed by atoms with van der Waals surface area (Å²) in [6.45, 7) is 12.4. The number of hydrogen-bond donors (Lipinski definition) is 3. The highest BCUT2D eigenvalue weighted by Crippen LogP contribution is 2.25. The minimum absolute atomic E-state index is 0.0353. The van der Waals surface area contributed by atoms with Crippen molar-refractivity contribution >= 4 is 24.0 Å². The van der Waals surface area contributed by atoms with Crippen molar-refractivity contribution in [3.05, 3.63) is 71.8 Å². The van der Waals surface area contributed by atoms with Gasteiger partial charge in [0.15, 0.2) is 0 Å². The molecule has 214 valence electrons. The SMILES string of the molecule is C=Cc1cccc(C(C(=O)NC(C)CCC)N(CC#N)C(=O)C(Cc2ccc(O)cc2)NC(=O)OC(C)(C)C)c1. The van der Waals surface area contributed by atoms with E-state index in [1.54, 1.807) is 57.2 Å². The minimum atomic E-state index is -1.17. The molecule has 0 aliphatic heterocycles. The molecule has 0 aliphatic carbocycles. The lowest BCUT2D eigenvalue weighted by atomic mass is 9.98. The third-order valence-corrected chi connectivity index (χ3v) is 6.02. The van der Waals surface area contributed by atoms with Crippen LogP contribution in [0.25, 0.3) is 6.08 Å². The highest BCUT2D eigenvalue weighted by molar-refractivity contribution is 5.92. The summed E-state index contributed by atoms with van der Waals surface area (Å²) in [5.41, 5.74) is 1.08. The summed E-state index contributed by atoms with van der Waals surface area (Å²) in [6, 6.07) is 12.8. The Bertz CT molecular complexity index is 1210. The van der Waals surface area contributed by atoms with E-state index < -0.39 is 42.1 Å². The molecule has 0 bridgehead atoms. The Balaban J connectivity index is 2.56. The van der Waals surface area contributed by atoms with Crippen molar-refractivity contribution < 1.29 is 24.2 Å². The number of carbonyl (C=O) groups is 3. The van der Waals surface area contributed by atoms with Gasteiger partial charge in [-0.1, -0.05) is 56.3 Å². The monoisotopic (exact) mass is 548 g/mol. The summed E-state index contributed by atoms with van der Waals surface area (Å²) in [7, 11) is 0. The number of phenols is 1. The molecule has 3 amide bonds. The van der Waals surface area contributed by atoms with E-state index in [0.29, 0.717) is 11.1 Å². The number of nitrogens with zero attached hydrogens (tertiary/aromatic N) is 2. The average molecular weight is 549 g/mol. The molecule has 0 saturated carbocycles. The number of carbonyl (C=O) groups excluding carboxylic acids is 3. The van der Waals surface area contributed by atoms with Gasteiger partial charge >= 0.3 is 6.09 Å². The van der Waals surface area contributed by atoms with Crippen LogP contribution in [0, 0.1) is 11.3 Å². The zero-order chi connectivity index (χ0) is 29.9. The molecule has 0 aliphatic rings. The molecule has 0 fully saturated rings. The van der Waals surface area contributed by atoms with Crippen LogP contribution in [0.5, 0.6) is 5.75 Å². The number of aromatic hydroxyl groups is 1.